The summed E-state index contributed by atoms with van der Waals surface area (Å²) in [6, 6.07) is 0. The van der Waals surface area contributed by atoms with Gasteiger partial charge in [0, 0.05) is 10.8 Å². The predicted octanol–water partition coefficient (Wildman–Crippen LogP) is 31.5. The average molecular weight is 1240 g/mol. The number of hydrogen-bond acceptors (Lipinski definition) is 0. The first-order valence-electron chi connectivity index (χ1n) is 33.6. The zero-order chi connectivity index (χ0) is 75.0. The first-order valence-corrected chi connectivity index (χ1v) is 33.6. The van der Waals surface area contributed by atoms with Crippen molar-refractivity contribution in [3.8, 4) is 0 Å². The van der Waals surface area contributed by atoms with Crippen molar-refractivity contribution in [2.24, 2.45) is 54.1 Å². The molecule has 0 heterocycles. The van der Waals surface area contributed by atoms with Crippen LogP contribution < -0.4 is 0 Å². The van der Waals surface area contributed by atoms with Gasteiger partial charge in [-0.2, -0.15) is 0 Å². The van der Waals surface area contributed by atoms with E-state index in [2.05, 4.69) is 357 Å². The fourth-order valence-corrected chi connectivity index (χ4v) is 7.36. The van der Waals surface area contributed by atoms with E-state index in [1.54, 1.807) is 0 Å². The lowest BCUT2D eigenvalue weighted by atomic mass is 9.56. The molecule has 0 spiro atoms. The van der Waals surface area contributed by atoms with Crippen LogP contribution >= 0.6 is 0 Å². The Morgan fingerprint density at radius 3 is 0.483 bits per heavy atom. The summed E-state index contributed by atoms with van der Waals surface area (Å²) in [4.78, 5) is 0. The Morgan fingerprint density at radius 1 is 0.247 bits per heavy atom. The lowest BCUT2D eigenvalue weighted by Crippen LogP contribution is -2.41. The molecule has 0 amide bonds. The molecule has 0 bridgehead atoms. The minimum atomic E-state index is 0.111. The van der Waals surface area contributed by atoms with Crippen LogP contribution in [0.4, 0.5) is 0 Å². The number of allylic oxidation sites excluding steroid dienone is 14. The maximum Gasteiger partial charge on any atom is 0.00531 e. The Hall–Kier alpha value is -3.64. The highest BCUT2D eigenvalue weighted by Crippen LogP contribution is 2.51. The Bertz CT molecular complexity index is 2360. The van der Waals surface area contributed by atoms with Gasteiger partial charge in [0.25, 0.3) is 0 Å². The normalized spacial score (nSPS) is 11.8. The third kappa shape index (κ3) is 37.0. The Labute approximate surface area is 566 Å². The zero-order valence-electron chi connectivity index (χ0n) is 71.2. The van der Waals surface area contributed by atoms with Gasteiger partial charge in [-0.25, -0.2) is 0 Å². The molecule has 0 heteroatoms. The van der Waals surface area contributed by atoms with Gasteiger partial charge in [-0.15, -0.1) is 0 Å². The van der Waals surface area contributed by atoms with Crippen molar-refractivity contribution >= 4 is 0 Å². The zero-order valence-corrected chi connectivity index (χ0v) is 71.2. The highest BCUT2D eigenvalue weighted by molar-refractivity contribution is 5.52. The Kier molecular flexibility index (Phi) is 44.7. The second-order valence-electron chi connectivity index (χ2n) is 36.2. The highest BCUT2D eigenvalue weighted by Gasteiger charge is 2.42. The summed E-state index contributed by atoms with van der Waals surface area (Å²) in [5.74, 6) is 0. The van der Waals surface area contributed by atoms with Crippen LogP contribution in [0.1, 0.15) is 345 Å². The molecule has 0 aliphatic carbocycles. The summed E-state index contributed by atoms with van der Waals surface area (Å²) < 4.78 is 0. The van der Waals surface area contributed by atoms with Gasteiger partial charge in [0.05, 0.1) is 0 Å². The Morgan fingerprint density at radius 2 is 0.438 bits per heavy atom. The highest BCUT2D eigenvalue weighted by atomic mass is 14.5. The van der Waals surface area contributed by atoms with Crippen molar-refractivity contribution < 1.29 is 0 Å². The van der Waals surface area contributed by atoms with Gasteiger partial charge in [-0.3, -0.25) is 0 Å². The van der Waals surface area contributed by atoms with Crippen LogP contribution in [-0.4, -0.2) is 0 Å². The molecule has 89 heavy (non-hydrogen) atoms. The molecule has 0 atom stereocenters. The van der Waals surface area contributed by atoms with Crippen LogP contribution in [0.2, 0.25) is 0 Å². The van der Waals surface area contributed by atoms with E-state index >= 15 is 0 Å². The molecule has 0 aromatic heterocycles. The molecule has 0 N–H and O–H groups in total. The van der Waals surface area contributed by atoms with E-state index in [9.17, 15) is 0 Å². The van der Waals surface area contributed by atoms with Crippen LogP contribution in [-0.2, 0) is 5.41 Å². The van der Waals surface area contributed by atoms with Crippen molar-refractivity contribution in [3.05, 3.63) is 164 Å². The van der Waals surface area contributed by atoms with E-state index in [1.807, 2.05) is 41.5 Å². The summed E-state index contributed by atoms with van der Waals surface area (Å²) in [5, 5.41) is 0. The van der Waals surface area contributed by atoms with Crippen LogP contribution in [0.3, 0.4) is 0 Å². The lowest BCUT2D eigenvalue weighted by molar-refractivity contribution is 0.00575. The topological polar surface area (TPSA) is 0 Å². The first-order chi connectivity index (χ1) is 38.3. The van der Waals surface area contributed by atoms with Crippen LogP contribution in [0, 0.1) is 88.8 Å². The molecular weight excluding hydrogens is 1070 g/mol. The van der Waals surface area contributed by atoms with Crippen LogP contribution in [0.15, 0.2) is 131 Å². The van der Waals surface area contributed by atoms with Gasteiger partial charge >= 0.3 is 0 Å². The molecular formula is C89H166. The van der Waals surface area contributed by atoms with Gasteiger partial charge < -0.3 is 0 Å². The van der Waals surface area contributed by atoms with Gasteiger partial charge in [0.15, 0.2) is 0 Å². The second-order valence-corrected chi connectivity index (χ2v) is 36.2. The summed E-state index contributed by atoms with van der Waals surface area (Å²) >= 11 is 0. The van der Waals surface area contributed by atoms with Crippen molar-refractivity contribution in [1.82, 2.24) is 0 Å². The fraction of sp³-hybridized carbons (Fsp3) is 0.685. The molecule has 1 aromatic carbocycles. The predicted molar refractivity (Wildman–Crippen MR) is 426 cm³/mol. The van der Waals surface area contributed by atoms with Gasteiger partial charge in [0.1, 0.15) is 0 Å². The number of hydrogen-bond donors (Lipinski definition) is 0. The van der Waals surface area contributed by atoms with Crippen molar-refractivity contribution in [2.75, 3.05) is 0 Å². The maximum atomic E-state index is 3.99. The van der Waals surface area contributed by atoms with Gasteiger partial charge in [-0.05, 0) is 234 Å². The van der Waals surface area contributed by atoms with E-state index in [4.69, 9.17) is 0 Å². The molecule has 1 rings (SSSR count). The van der Waals surface area contributed by atoms with Crippen molar-refractivity contribution in [1.29, 1.82) is 0 Å². The van der Waals surface area contributed by atoms with Crippen molar-refractivity contribution in [2.45, 2.75) is 352 Å². The van der Waals surface area contributed by atoms with Gasteiger partial charge in [-0.1, -0.05) is 325 Å². The van der Waals surface area contributed by atoms with E-state index in [0.29, 0.717) is 32.5 Å². The summed E-state index contributed by atoms with van der Waals surface area (Å²) in [6.07, 6.45) is 0. The summed E-state index contributed by atoms with van der Waals surface area (Å²) in [5.41, 5.74) is 29.8. The molecule has 0 nitrogen and oxygen atoms in total. The molecule has 0 unspecified atom stereocenters. The van der Waals surface area contributed by atoms with Crippen molar-refractivity contribution in [3.63, 3.8) is 0 Å². The van der Waals surface area contributed by atoms with E-state index in [0.717, 1.165) is 0 Å². The molecule has 0 saturated carbocycles. The SMILES string of the molecule is C=C(C)C(C)(C)C(=C)C.C=C(C)C(C)(C)C(=C)C.C=C(C)C(C)(C)C(C)(C)C.C=C(C)C(C)(C)C(C)(C)C.C=C(C)C(C)=C(C)C.C=C(C)C(C)=C(C)C.CC(C)(C)C(C)(C)C(C)(C)C.CC(C)=C(C)C(C)(C)C.Cc1c(C)c(C)c(C(C)(C)C)c(C)c1C. The largest absolute Gasteiger partial charge is 0.0996 e. The van der Waals surface area contributed by atoms with E-state index in [1.165, 1.54) is 111 Å². The molecule has 0 saturated heterocycles. The quantitative estimate of drug-likeness (QED) is 0.180. The van der Waals surface area contributed by atoms with Gasteiger partial charge in [0.2, 0.25) is 0 Å². The minimum Gasteiger partial charge on any atom is -0.0996 e. The fourth-order valence-electron chi connectivity index (χ4n) is 7.36. The molecule has 0 aliphatic heterocycles. The van der Waals surface area contributed by atoms with E-state index < -0.39 is 0 Å². The smallest absolute Gasteiger partial charge is 0.00531 e. The number of rotatable bonds is 8. The lowest BCUT2D eigenvalue weighted by Gasteiger charge is -2.49. The number of benzene rings is 1. The molecule has 522 valence electrons. The average Bonchev–Trinajstić information content (AvgIpc) is 3.30. The minimum absolute atomic E-state index is 0.111. The second kappa shape index (κ2) is 39.2. The standard InChI is InChI=1S/C15H24.C11H24.2C10H20.C9H18.2C9H16.2C8H14/c1-9-10(2)12(4)14(15(6,7)8)13(5)11(9)3;1-9(2,3)11(7,8)10(4,5)6;2*1-8(2)10(6,7)9(3,4)5;1-7(2)8(3)9(4,5)6;2*1-7(2)9(5,6)8(3)4;2*1-6(2)8(5)7(3)4/h1-8H3;1-8H3;2*1H2,2-7H3;1-6H3;2*1,3H2,2,4-6H3;2*1H2,2-5H3. The Balaban J connectivity index is -0.000000139. The molecule has 0 fully saturated rings. The molecule has 0 aliphatic rings. The van der Waals surface area contributed by atoms with Crippen LogP contribution in [0.5, 0.6) is 0 Å². The monoisotopic (exact) mass is 1240 g/mol. The van der Waals surface area contributed by atoms with Crippen LogP contribution in [0.25, 0.3) is 0 Å². The van der Waals surface area contributed by atoms with E-state index in [-0.39, 0.29) is 27.1 Å². The maximum absolute atomic E-state index is 3.99. The molecule has 0 radical (unpaired) electrons. The third-order valence-corrected chi connectivity index (χ3v) is 22.3. The first kappa shape index (κ1) is 102. The third-order valence-electron chi connectivity index (χ3n) is 22.3. The molecule has 1 aromatic rings. The summed E-state index contributed by atoms with van der Waals surface area (Å²) in [7, 11) is 0. The summed E-state index contributed by atoms with van der Waals surface area (Å²) in [6.45, 7) is 141.